The molecule has 0 aliphatic heterocycles. The molecular formula is C13H14N4O2S. The first-order valence-corrected chi connectivity index (χ1v) is 7.37. The average Bonchev–Trinajstić information content (AvgIpc) is 3.05. The molecule has 0 aliphatic carbocycles. The number of rotatable bonds is 5. The minimum absolute atomic E-state index is 0.139. The van der Waals surface area contributed by atoms with E-state index in [0.717, 1.165) is 35.0 Å². The molecule has 0 bridgehead atoms. The van der Waals surface area contributed by atoms with Gasteiger partial charge in [0.25, 0.3) is 5.56 Å². The highest BCUT2D eigenvalue weighted by molar-refractivity contribution is 7.98. The summed E-state index contributed by atoms with van der Waals surface area (Å²) in [4.78, 5) is 14.3. The molecule has 3 heterocycles. The Bertz CT molecular complexity index is 760. The molecule has 3 aromatic rings. The van der Waals surface area contributed by atoms with Gasteiger partial charge in [-0.3, -0.25) is 14.2 Å². The predicted molar refractivity (Wildman–Crippen MR) is 75.9 cm³/mol. The summed E-state index contributed by atoms with van der Waals surface area (Å²) in [6, 6.07) is 3.53. The van der Waals surface area contributed by atoms with Crippen molar-refractivity contribution in [3.8, 4) is 0 Å². The molecule has 20 heavy (non-hydrogen) atoms. The number of hydrogen-bond acceptors (Lipinski definition) is 5. The number of nitrogens with one attached hydrogen (secondary N) is 1. The lowest BCUT2D eigenvalue weighted by molar-refractivity contribution is 0.565. The van der Waals surface area contributed by atoms with E-state index in [2.05, 4.69) is 22.1 Å². The average molecular weight is 290 g/mol. The summed E-state index contributed by atoms with van der Waals surface area (Å²) in [6.45, 7) is 2.08. The lowest BCUT2D eigenvalue weighted by Gasteiger charge is -2.05. The van der Waals surface area contributed by atoms with Crippen LogP contribution in [0.4, 0.5) is 0 Å². The van der Waals surface area contributed by atoms with Crippen LogP contribution in [0.1, 0.15) is 24.6 Å². The Morgan fingerprint density at radius 3 is 3.10 bits per heavy atom. The Morgan fingerprint density at radius 2 is 2.35 bits per heavy atom. The summed E-state index contributed by atoms with van der Waals surface area (Å²) in [5.74, 6) is 1.25. The number of furan rings is 1. The van der Waals surface area contributed by atoms with Crippen molar-refractivity contribution >= 4 is 17.5 Å². The van der Waals surface area contributed by atoms with Gasteiger partial charge in [-0.05, 0) is 12.5 Å². The van der Waals surface area contributed by atoms with Crippen molar-refractivity contribution in [2.45, 2.75) is 30.7 Å². The monoisotopic (exact) mass is 290 g/mol. The Kier molecular flexibility index (Phi) is 3.60. The number of fused-ring (bicyclic) bond motifs is 1. The highest BCUT2D eigenvalue weighted by Gasteiger charge is 2.11. The van der Waals surface area contributed by atoms with E-state index in [0.29, 0.717) is 5.78 Å². The van der Waals surface area contributed by atoms with Crippen LogP contribution in [0, 0.1) is 0 Å². The van der Waals surface area contributed by atoms with Gasteiger partial charge >= 0.3 is 0 Å². The Labute approximate surface area is 119 Å². The van der Waals surface area contributed by atoms with Crippen LogP contribution in [0.3, 0.4) is 0 Å². The lowest BCUT2D eigenvalue weighted by Crippen LogP contribution is -2.11. The quantitative estimate of drug-likeness (QED) is 0.729. The summed E-state index contributed by atoms with van der Waals surface area (Å²) < 4.78 is 6.96. The Balaban J connectivity index is 1.96. The molecule has 3 rings (SSSR count). The number of H-pyrrole nitrogens is 1. The zero-order valence-corrected chi connectivity index (χ0v) is 11.8. The van der Waals surface area contributed by atoms with Crippen molar-refractivity contribution in [3.63, 3.8) is 0 Å². The standard InChI is InChI=1S/C13H14N4O2S/c1-2-3-10-6-11(18)14-12-15-16-13(17(10)12)20-8-9-4-5-19-7-9/h4-7H,2-3,8H2,1H3,(H,14,15,18). The molecule has 0 unspecified atom stereocenters. The van der Waals surface area contributed by atoms with E-state index in [1.165, 1.54) is 0 Å². The van der Waals surface area contributed by atoms with Crippen molar-refractivity contribution in [1.29, 1.82) is 0 Å². The molecule has 1 N–H and O–H groups in total. The first-order chi connectivity index (χ1) is 9.78. The van der Waals surface area contributed by atoms with Gasteiger partial charge in [0.2, 0.25) is 5.78 Å². The van der Waals surface area contributed by atoms with E-state index >= 15 is 0 Å². The summed E-state index contributed by atoms with van der Waals surface area (Å²) in [5, 5.41) is 8.97. The fourth-order valence-corrected chi connectivity index (χ4v) is 2.92. The van der Waals surface area contributed by atoms with Gasteiger partial charge < -0.3 is 4.42 Å². The first-order valence-electron chi connectivity index (χ1n) is 6.39. The summed E-state index contributed by atoms with van der Waals surface area (Å²) in [5.41, 5.74) is 1.89. The largest absolute Gasteiger partial charge is 0.472 e. The minimum Gasteiger partial charge on any atom is -0.472 e. The zero-order valence-electron chi connectivity index (χ0n) is 11.0. The van der Waals surface area contributed by atoms with E-state index in [4.69, 9.17) is 4.42 Å². The van der Waals surface area contributed by atoms with Gasteiger partial charge in [-0.25, -0.2) is 0 Å². The lowest BCUT2D eigenvalue weighted by atomic mass is 10.2. The molecule has 0 saturated heterocycles. The fraction of sp³-hybridized carbons (Fsp3) is 0.308. The fourth-order valence-electron chi connectivity index (χ4n) is 2.03. The van der Waals surface area contributed by atoms with E-state index in [1.807, 2.05) is 10.5 Å². The summed E-state index contributed by atoms with van der Waals surface area (Å²) >= 11 is 1.57. The molecule has 0 aliphatic rings. The van der Waals surface area contributed by atoms with E-state index in [9.17, 15) is 4.79 Å². The molecule has 0 spiro atoms. The second-order valence-electron chi connectivity index (χ2n) is 4.44. The maximum absolute atomic E-state index is 11.6. The number of thioether (sulfide) groups is 1. The van der Waals surface area contributed by atoms with Crippen molar-refractivity contribution in [2.75, 3.05) is 0 Å². The molecule has 0 radical (unpaired) electrons. The van der Waals surface area contributed by atoms with Crippen LogP contribution in [-0.2, 0) is 12.2 Å². The van der Waals surface area contributed by atoms with Crippen LogP contribution >= 0.6 is 11.8 Å². The van der Waals surface area contributed by atoms with Crippen LogP contribution < -0.4 is 5.56 Å². The molecule has 0 fully saturated rings. The first kappa shape index (κ1) is 13.0. The maximum atomic E-state index is 11.6. The molecule has 0 aromatic carbocycles. The minimum atomic E-state index is -0.139. The normalized spacial score (nSPS) is 11.2. The Morgan fingerprint density at radius 1 is 1.45 bits per heavy atom. The highest BCUT2D eigenvalue weighted by Crippen LogP contribution is 2.22. The maximum Gasteiger partial charge on any atom is 0.252 e. The zero-order chi connectivity index (χ0) is 13.9. The van der Waals surface area contributed by atoms with Gasteiger partial charge in [0.05, 0.1) is 12.5 Å². The van der Waals surface area contributed by atoms with Gasteiger partial charge in [0, 0.05) is 23.1 Å². The highest BCUT2D eigenvalue weighted by atomic mass is 32.2. The molecular weight excluding hydrogens is 276 g/mol. The van der Waals surface area contributed by atoms with Crippen molar-refractivity contribution in [3.05, 3.63) is 46.3 Å². The van der Waals surface area contributed by atoms with Crippen LogP contribution in [0.25, 0.3) is 5.78 Å². The smallest absolute Gasteiger partial charge is 0.252 e. The second-order valence-corrected chi connectivity index (χ2v) is 5.38. The van der Waals surface area contributed by atoms with Crippen LogP contribution in [0.15, 0.2) is 39.0 Å². The van der Waals surface area contributed by atoms with Crippen molar-refractivity contribution < 1.29 is 4.42 Å². The van der Waals surface area contributed by atoms with E-state index in [-0.39, 0.29) is 5.56 Å². The molecule has 6 nitrogen and oxygen atoms in total. The number of aromatic nitrogens is 4. The number of aromatic amines is 1. The second kappa shape index (κ2) is 5.54. The molecule has 0 saturated carbocycles. The molecule has 104 valence electrons. The molecule has 7 heteroatoms. The molecule has 3 aromatic heterocycles. The molecule has 0 atom stereocenters. The van der Waals surface area contributed by atoms with Crippen LogP contribution in [0.5, 0.6) is 0 Å². The predicted octanol–water partition coefficient (Wildman–Crippen LogP) is 2.26. The third-order valence-corrected chi connectivity index (χ3v) is 3.91. The third kappa shape index (κ3) is 2.49. The van der Waals surface area contributed by atoms with Crippen molar-refractivity contribution in [2.24, 2.45) is 0 Å². The third-order valence-electron chi connectivity index (χ3n) is 2.91. The SMILES string of the molecule is CCCc1cc(=O)[nH]c2nnc(SCc3ccoc3)n12. The van der Waals surface area contributed by atoms with Gasteiger partial charge in [-0.15, -0.1) is 10.2 Å². The Hall–Kier alpha value is -2.02. The number of nitrogens with zero attached hydrogens (tertiary/aromatic N) is 3. The van der Waals surface area contributed by atoms with Crippen LogP contribution in [0.2, 0.25) is 0 Å². The van der Waals surface area contributed by atoms with Gasteiger partial charge in [-0.2, -0.15) is 0 Å². The summed E-state index contributed by atoms with van der Waals surface area (Å²) in [6.07, 6.45) is 5.14. The molecule has 0 amide bonds. The summed E-state index contributed by atoms with van der Waals surface area (Å²) in [7, 11) is 0. The van der Waals surface area contributed by atoms with Crippen molar-refractivity contribution in [1.82, 2.24) is 19.6 Å². The number of hydrogen-bond donors (Lipinski definition) is 1. The van der Waals surface area contributed by atoms with Gasteiger partial charge in [0.15, 0.2) is 5.16 Å². The van der Waals surface area contributed by atoms with Crippen LogP contribution in [-0.4, -0.2) is 19.6 Å². The van der Waals surface area contributed by atoms with Gasteiger partial charge in [0.1, 0.15) is 0 Å². The number of aryl methyl sites for hydroxylation is 1. The van der Waals surface area contributed by atoms with E-state index < -0.39 is 0 Å². The van der Waals surface area contributed by atoms with E-state index in [1.54, 1.807) is 30.4 Å². The van der Waals surface area contributed by atoms with Gasteiger partial charge in [-0.1, -0.05) is 25.1 Å². The topological polar surface area (TPSA) is 76.2 Å².